The SMILES string of the molecule is CO[C@H]1CC[C@@H](OC)[C@@H]2CCCC[C@@H]21. The summed E-state index contributed by atoms with van der Waals surface area (Å²) in [6.07, 6.45) is 8.87. The lowest BCUT2D eigenvalue weighted by molar-refractivity contribution is -0.0905. The Bertz CT molecular complexity index is 161. The van der Waals surface area contributed by atoms with Gasteiger partial charge in [-0.3, -0.25) is 0 Å². The lowest BCUT2D eigenvalue weighted by atomic mass is 9.68. The molecule has 2 aliphatic carbocycles. The standard InChI is InChI=1S/C12H22O2/c1-13-11-7-8-12(14-2)10-6-4-3-5-9(10)11/h9-12H,3-8H2,1-2H3/t9-,10+,11-,12+. The van der Waals surface area contributed by atoms with Gasteiger partial charge in [-0.05, 0) is 37.5 Å². The highest BCUT2D eigenvalue weighted by Gasteiger charge is 2.40. The summed E-state index contributed by atoms with van der Waals surface area (Å²) in [4.78, 5) is 0. The second kappa shape index (κ2) is 4.63. The minimum atomic E-state index is 0.506. The Hall–Kier alpha value is -0.0800. The summed E-state index contributed by atoms with van der Waals surface area (Å²) in [6.45, 7) is 0. The fraction of sp³-hybridized carbons (Fsp3) is 1.00. The van der Waals surface area contributed by atoms with Crippen LogP contribution < -0.4 is 0 Å². The fourth-order valence-electron chi connectivity index (χ4n) is 3.45. The van der Waals surface area contributed by atoms with Crippen LogP contribution in [-0.2, 0) is 9.47 Å². The molecule has 0 saturated heterocycles. The summed E-state index contributed by atoms with van der Waals surface area (Å²) >= 11 is 0. The van der Waals surface area contributed by atoms with Gasteiger partial charge in [0.05, 0.1) is 12.2 Å². The lowest BCUT2D eigenvalue weighted by Crippen LogP contribution is -2.44. The van der Waals surface area contributed by atoms with Gasteiger partial charge in [-0.1, -0.05) is 12.8 Å². The molecule has 0 bridgehead atoms. The smallest absolute Gasteiger partial charge is 0.0604 e. The first-order valence-electron chi connectivity index (χ1n) is 5.92. The molecule has 2 saturated carbocycles. The van der Waals surface area contributed by atoms with E-state index in [2.05, 4.69) is 0 Å². The van der Waals surface area contributed by atoms with Gasteiger partial charge in [0.25, 0.3) is 0 Å². The van der Waals surface area contributed by atoms with Crippen molar-refractivity contribution >= 4 is 0 Å². The van der Waals surface area contributed by atoms with Gasteiger partial charge in [-0.15, -0.1) is 0 Å². The van der Waals surface area contributed by atoms with Gasteiger partial charge in [-0.2, -0.15) is 0 Å². The minimum Gasteiger partial charge on any atom is -0.381 e. The Kier molecular flexibility index (Phi) is 3.45. The van der Waals surface area contributed by atoms with Gasteiger partial charge in [0, 0.05) is 14.2 Å². The van der Waals surface area contributed by atoms with Crippen LogP contribution in [0.5, 0.6) is 0 Å². The molecule has 0 unspecified atom stereocenters. The van der Waals surface area contributed by atoms with E-state index in [1.54, 1.807) is 0 Å². The molecule has 2 aliphatic rings. The van der Waals surface area contributed by atoms with E-state index in [0.717, 1.165) is 11.8 Å². The van der Waals surface area contributed by atoms with E-state index in [-0.39, 0.29) is 0 Å². The predicted octanol–water partition coefficient (Wildman–Crippen LogP) is 2.62. The quantitative estimate of drug-likeness (QED) is 0.679. The molecule has 4 atom stereocenters. The molecule has 0 spiro atoms. The molecular weight excluding hydrogens is 176 g/mol. The molecule has 0 aromatic carbocycles. The number of hydrogen-bond donors (Lipinski definition) is 0. The summed E-state index contributed by atoms with van der Waals surface area (Å²) in [5.74, 6) is 1.54. The van der Waals surface area contributed by atoms with Gasteiger partial charge in [0.15, 0.2) is 0 Å². The van der Waals surface area contributed by atoms with E-state index in [9.17, 15) is 0 Å². The summed E-state index contributed by atoms with van der Waals surface area (Å²) < 4.78 is 11.2. The Labute approximate surface area is 87.0 Å². The number of hydrogen-bond acceptors (Lipinski definition) is 2. The Balaban J connectivity index is 2.05. The van der Waals surface area contributed by atoms with Crippen LogP contribution in [0.25, 0.3) is 0 Å². The molecule has 2 rings (SSSR count). The van der Waals surface area contributed by atoms with Crippen molar-refractivity contribution in [1.29, 1.82) is 0 Å². The topological polar surface area (TPSA) is 18.5 Å². The zero-order valence-corrected chi connectivity index (χ0v) is 9.37. The highest BCUT2D eigenvalue weighted by Crippen LogP contribution is 2.42. The second-order valence-corrected chi connectivity index (χ2v) is 4.74. The molecule has 0 N–H and O–H groups in total. The van der Waals surface area contributed by atoms with Crippen molar-refractivity contribution in [2.24, 2.45) is 11.8 Å². The van der Waals surface area contributed by atoms with Crippen LogP contribution in [0.4, 0.5) is 0 Å². The zero-order valence-electron chi connectivity index (χ0n) is 9.37. The van der Waals surface area contributed by atoms with E-state index in [4.69, 9.17) is 9.47 Å². The average Bonchev–Trinajstić information content (AvgIpc) is 2.27. The second-order valence-electron chi connectivity index (χ2n) is 4.74. The maximum Gasteiger partial charge on any atom is 0.0604 e. The Morgan fingerprint density at radius 1 is 0.714 bits per heavy atom. The van der Waals surface area contributed by atoms with Crippen molar-refractivity contribution in [2.45, 2.75) is 50.7 Å². The third kappa shape index (κ3) is 1.82. The van der Waals surface area contributed by atoms with Crippen molar-refractivity contribution in [3.05, 3.63) is 0 Å². The van der Waals surface area contributed by atoms with Crippen molar-refractivity contribution in [1.82, 2.24) is 0 Å². The first kappa shape index (κ1) is 10.4. The monoisotopic (exact) mass is 198 g/mol. The highest BCUT2D eigenvalue weighted by molar-refractivity contribution is 4.91. The molecule has 2 nitrogen and oxygen atoms in total. The fourth-order valence-corrected chi connectivity index (χ4v) is 3.45. The average molecular weight is 198 g/mol. The molecule has 0 heterocycles. The van der Waals surface area contributed by atoms with E-state index >= 15 is 0 Å². The van der Waals surface area contributed by atoms with Crippen LogP contribution in [0.3, 0.4) is 0 Å². The minimum absolute atomic E-state index is 0.506. The van der Waals surface area contributed by atoms with Crippen LogP contribution in [0, 0.1) is 11.8 Å². The molecule has 0 aromatic heterocycles. The van der Waals surface area contributed by atoms with Crippen LogP contribution in [0.15, 0.2) is 0 Å². The molecule has 0 aromatic rings. The Morgan fingerprint density at radius 2 is 1.14 bits per heavy atom. The van der Waals surface area contributed by atoms with Crippen molar-refractivity contribution in [2.75, 3.05) is 14.2 Å². The first-order chi connectivity index (χ1) is 6.86. The maximum atomic E-state index is 5.60. The maximum absolute atomic E-state index is 5.60. The normalized spacial score (nSPS) is 43.3. The van der Waals surface area contributed by atoms with Gasteiger partial charge in [0.2, 0.25) is 0 Å². The van der Waals surface area contributed by atoms with Crippen molar-refractivity contribution in [3.63, 3.8) is 0 Å². The number of methoxy groups -OCH3 is 2. The third-order valence-corrected chi connectivity index (χ3v) is 4.17. The van der Waals surface area contributed by atoms with Crippen LogP contribution >= 0.6 is 0 Å². The lowest BCUT2D eigenvalue weighted by Gasteiger charge is -2.44. The summed E-state index contributed by atoms with van der Waals surface area (Å²) in [5, 5.41) is 0. The first-order valence-corrected chi connectivity index (χ1v) is 5.92. The molecular formula is C12H22O2. The summed E-state index contributed by atoms with van der Waals surface area (Å²) in [7, 11) is 3.73. The zero-order chi connectivity index (χ0) is 9.97. The predicted molar refractivity (Wildman–Crippen MR) is 56.3 cm³/mol. The van der Waals surface area contributed by atoms with E-state index in [1.807, 2.05) is 14.2 Å². The number of fused-ring (bicyclic) bond motifs is 1. The van der Waals surface area contributed by atoms with E-state index in [0.29, 0.717) is 12.2 Å². The van der Waals surface area contributed by atoms with Crippen molar-refractivity contribution < 1.29 is 9.47 Å². The van der Waals surface area contributed by atoms with Gasteiger partial charge in [0.1, 0.15) is 0 Å². The Morgan fingerprint density at radius 3 is 1.50 bits per heavy atom. The van der Waals surface area contributed by atoms with Crippen LogP contribution in [-0.4, -0.2) is 26.4 Å². The van der Waals surface area contributed by atoms with E-state index in [1.165, 1.54) is 38.5 Å². The van der Waals surface area contributed by atoms with E-state index < -0.39 is 0 Å². The molecule has 2 heteroatoms. The summed E-state index contributed by atoms with van der Waals surface area (Å²) in [6, 6.07) is 0. The largest absolute Gasteiger partial charge is 0.381 e. The van der Waals surface area contributed by atoms with Crippen LogP contribution in [0.1, 0.15) is 38.5 Å². The van der Waals surface area contributed by atoms with Crippen molar-refractivity contribution in [3.8, 4) is 0 Å². The third-order valence-electron chi connectivity index (χ3n) is 4.17. The van der Waals surface area contributed by atoms with Gasteiger partial charge < -0.3 is 9.47 Å². The number of rotatable bonds is 2. The summed E-state index contributed by atoms with van der Waals surface area (Å²) in [5.41, 5.74) is 0. The molecule has 0 amide bonds. The van der Waals surface area contributed by atoms with Gasteiger partial charge in [-0.25, -0.2) is 0 Å². The molecule has 0 aliphatic heterocycles. The highest BCUT2D eigenvalue weighted by atomic mass is 16.5. The van der Waals surface area contributed by atoms with Gasteiger partial charge >= 0.3 is 0 Å². The molecule has 82 valence electrons. The number of ether oxygens (including phenoxy) is 2. The molecule has 0 radical (unpaired) electrons. The van der Waals surface area contributed by atoms with Crippen LogP contribution in [0.2, 0.25) is 0 Å². The molecule has 2 fully saturated rings. The molecule has 14 heavy (non-hydrogen) atoms.